The van der Waals surface area contributed by atoms with Crippen LogP contribution >= 0.6 is 11.6 Å². The number of ether oxygens (including phenoxy) is 1. The molecule has 19 heavy (non-hydrogen) atoms. The van der Waals surface area contributed by atoms with Gasteiger partial charge in [-0.05, 0) is 29.2 Å². The molecule has 1 unspecified atom stereocenters. The van der Waals surface area contributed by atoms with Crippen molar-refractivity contribution in [3.8, 4) is 5.75 Å². The third-order valence-corrected chi connectivity index (χ3v) is 3.25. The minimum atomic E-state index is -4.41. The molecule has 0 N–H and O–H groups in total. The summed E-state index contributed by atoms with van der Waals surface area (Å²) in [4.78, 5) is 0. The van der Waals surface area contributed by atoms with Gasteiger partial charge in [-0.1, -0.05) is 38.4 Å². The van der Waals surface area contributed by atoms with E-state index in [0.29, 0.717) is 10.6 Å². The Morgan fingerprint density at radius 2 is 1.79 bits per heavy atom. The average molecular weight is 291 g/mol. The standard InChI is InChI=1S/C14H14ClF3O/c1-13(2,3)9-7-11-8(6-10(9)15)4-5-12(19-11)14(16,17)18/h4-7,12H,1-3H3. The minimum absolute atomic E-state index is 0.221. The minimum Gasteiger partial charge on any atom is -0.476 e. The third kappa shape index (κ3) is 2.89. The molecule has 1 aromatic carbocycles. The smallest absolute Gasteiger partial charge is 0.429 e. The Morgan fingerprint density at radius 1 is 1.16 bits per heavy atom. The van der Waals surface area contributed by atoms with E-state index in [4.69, 9.17) is 16.3 Å². The van der Waals surface area contributed by atoms with E-state index in [2.05, 4.69) is 0 Å². The molecule has 0 bridgehead atoms. The Labute approximate surface area is 115 Å². The van der Waals surface area contributed by atoms with Gasteiger partial charge in [-0.3, -0.25) is 0 Å². The van der Waals surface area contributed by atoms with Gasteiger partial charge >= 0.3 is 6.18 Å². The zero-order valence-electron chi connectivity index (χ0n) is 10.8. The molecule has 1 heterocycles. The lowest BCUT2D eigenvalue weighted by molar-refractivity contribution is -0.180. The fourth-order valence-corrected chi connectivity index (χ4v) is 2.37. The molecule has 0 amide bonds. The van der Waals surface area contributed by atoms with E-state index >= 15 is 0 Å². The summed E-state index contributed by atoms with van der Waals surface area (Å²) < 4.78 is 43.0. The van der Waals surface area contributed by atoms with Crippen molar-refractivity contribution in [2.45, 2.75) is 38.5 Å². The van der Waals surface area contributed by atoms with Crippen LogP contribution in [0.5, 0.6) is 5.75 Å². The van der Waals surface area contributed by atoms with Crippen molar-refractivity contribution in [1.29, 1.82) is 0 Å². The maximum Gasteiger partial charge on any atom is 0.429 e. The van der Waals surface area contributed by atoms with Gasteiger partial charge < -0.3 is 4.74 Å². The summed E-state index contributed by atoms with van der Waals surface area (Å²) in [7, 11) is 0. The highest BCUT2D eigenvalue weighted by Gasteiger charge is 2.41. The Morgan fingerprint density at radius 3 is 2.32 bits per heavy atom. The number of benzene rings is 1. The number of alkyl halides is 3. The van der Waals surface area contributed by atoms with E-state index in [-0.39, 0.29) is 11.2 Å². The molecule has 1 atom stereocenters. The Kier molecular flexibility index (Phi) is 3.33. The van der Waals surface area contributed by atoms with Crippen LogP contribution in [0, 0.1) is 0 Å². The molecule has 1 aromatic rings. The van der Waals surface area contributed by atoms with Crippen LogP contribution in [0.4, 0.5) is 13.2 Å². The zero-order valence-corrected chi connectivity index (χ0v) is 11.6. The van der Waals surface area contributed by atoms with Gasteiger partial charge in [-0.15, -0.1) is 0 Å². The predicted octanol–water partition coefficient (Wildman–Crippen LogP) is 4.97. The second-order valence-corrected chi connectivity index (χ2v) is 5.97. The quantitative estimate of drug-likeness (QED) is 0.655. The van der Waals surface area contributed by atoms with E-state index in [0.717, 1.165) is 11.6 Å². The summed E-state index contributed by atoms with van der Waals surface area (Å²) in [5, 5.41) is 0.532. The van der Waals surface area contributed by atoms with E-state index < -0.39 is 12.3 Å². The van der Waals surface area contributed by atoms with Gasteiger partial charge in [0.05, 0.1) is 0 Å². The predicted molar refractivity (Wildman–Crippen MR) is 69.7 cm³/mol. The van der Waals surface area contributed by atoms with Crippen LogP contribution < -0.4 is 4.74 Å². The average Bonchev–Trinajstić information content (AvgIpc) is 2.24. The number of halogens is 4. The highest BCUT2D eigenvalue weighted by molar-refractivity contribution is 6.31. The second kappa shape index (κ2) is 4.44. The molecular formula is C14H14ClF3O. The second-order valence-electron chi connectivity index (χ2n) is 5.56. The summed E-state index contributed by atoms with van der Waals surface area (Å²) >= 11 is 6.16. The van der Waals surface area contributed by atoms with Gasteiger partial charge in [0, 0.05) is 10.6 Å². The van der Waals surface area contributed by atoms with Crippen molar-refractivity contribution in [3.05, 3.63) is 34.4 Å². The monoisotopic (exact) mass is 290 g/mol. The summed E-state index contributed by atoms with van der Waals surface area (Å²) in [5.74, 6) is 0.221. The molecule has 0 saturated carbocycles. The van der Waals surface area contributed by atoms with Gasteiger partial charge in [0.1, 0.15) is 5.75 Å². The Balaban J connectivity index is 2.45. The maximum atomic E-state index is 12.6. The lowest BCUT2D eigenvalue weighted by Gasteiger charge is -2.27. The van der Waals surface area contributed by atoms with Gasteiger partial charge in [0.15, 0.2) is 0 Å². The van der Waals surface area contributed by atoms with Crippen molar-refractivity contribution in [1.82, 2.24) is 0 Å². The molecule has 0 saturated heterocycles. The Bertz CT molecular complexity index is 527. The molecule has 0 radical (unpaired) electrons. The summed E-state index contributed by atoms with van der Waals surface area (Å²) in [6.07, 6.45) is -3.91. The molecule has 1 aliphatic rings. The van der Waals surface area contributed by atoms with Crippen LogP contribution in [0.1, 0.15) is 31.9 Å². The van der Waals surface area contributed by atoms with E-state index in [9.17, 15) is 13.2 Å². The van der Waals surface area contributed by atoms with Crippen LogP contribution in [0.3, 0.4) is 0 Å². The number of rotatable bonds is 0. The first-order chi connectivity index (χ1) is 8.59. The lowest BCUT2D eigenvalue weighted by Crippen LogP contribution is -2.34. The highest BCUT2D eigenvalue weighted by Crippen LogP contribution is 2.39. The fourth-order valence-electron chi connectivity index (χ4n) is 1.92. The van der Waals surface area contributed by atoms with Crippen LogP contribution in [0.15, 0.2) is 18.2 Å². The van der Waals surface area contributed by atoms with Gasteiger partial charge in [0.25, 0.3) is 0 Å². The molecule has 0 fully saturated rings. The van der Waals surface area contributed by atoms with Gasteiger partial charge in [-0.25, -0.2) is 0 Å². The van der Waals surface area contributed by atoms with Crippen molar-refractivity contribution in [2.24, 2.45) is 0 Å². The van der Waals surface area contributed by atoms with Crippen molar-refractivity contribution in [2.75, 3.05) is 0 Å². The molecule has 1 aliphatic heterocycles. The zero-order chi connectivity index (χ0) is 14.4. The first-order valence-electron chi connectivity index (χ1n) is 5.84. The molecule has 0 aromatic heterocycles. The fraction of sp³-hybridized carbons (Fsp3) is 0.429. The van der Waals surface area contributed by atoms with E-state index in [1.807, 2.05) is 20.8 Å². The van der Waals surface area contributed by atoms with Crippen LogP contribution in [-0.2, 0) is 5.41 Å². The molecule has 104 valence electrons. The first kappa shape index (κ1) is 14.3. The van der Waals surface area contributed by atoms with Gasteiger partial charge in [0.2, 0.25) is 6.10 Å². The highest BCUT2D eigenvalue weighted by atomic mass is 35.5. The summed E-state index contributed by atoms with van der Waals surface area (Å²) in [6, 6.07) is 3.24. The lowest BCUT2D eigenvalue weighted by atomic mass is 9.86. The van der Waals surface area contributed by atoms with Crippen molar-refractivity contribution < 1.29 is 17.9 Å². The third-order valence-electron chi connectivity index (χ3n) is 2.93. The van der Waals surface area contributed by atoms with Crippen LogP contribution in [0.25, 0.3) is 6.08 Å². The summed E-state index contributed by atoms with van der Waals surface area (Å²) in [5.41, 5.74) is 1.08. The first-order valence-corrected chi connectivity index (χ1v) is 6.22. The van der Waals surface area contributed by atoms with Gasteiger partial charge in [-0.2, -0.15) is 13.2 Å². The molecule has 0 aliphatic carbocycles. The van der Waals surface area contributed by atoms with Crippen molar-refractivity contribution in [3.63, 3.8) is 0 Å². The topological polar surface area (TPSA) is 9.23 Å². The molecule has 1 nitrogen and oxygen atoms in total. The van der Waals surface area contributed by atoms with Crippen LogP contribution in [0.2, 0.25) is 5.02 Å². The Hall–Kier alpha value is -1.16. The van der Waals surface area contributed by atoms with E-state index in [1.165, 1.54) is 6.08 Å². The molecule has 5 heteroatoms. The largest absolute Gasteiger partial charge is 0.476 e. The number of hydrogen-bond acceptors (Lipinski definition) is 1. The summed E-state index contributed by atoms with van der Waals surface area (Å²) in [6.45, 7) is 5.83. The number of hydrogen-bond donors (Lipinski definition) is 0. The SMILES string of the molecule is CC(C)(C)c1cc2c(cc1Cl)C=CC(C(F)(F)F)O2. The van der Waals surface area contributed by atoms with E-state index in [1.54, 1.807) is 12.1 Å². The van der Waals surface area contributed by atoms with Crippen molar-refractivity contribution >= 4 is 17.7 Å². The molecular weight excluding hydrogens is 277 g/mol. The van der Waals surface area contributed by atoms with Crippen LogP contribution in [-0.4, -0.2) is 12.3 Å². The molecule has 2 rings (SSSR count). The normalized spacial score (nSPS) is 19.0. The molecule has 0 spiro atoms. The number of fused-ring (bicyclic) bond motifs is 1. The maximum absolute atomic E-state index is 12.6.